The summed E-state index contributed by atoms with van der Waals surface area (Å²) in [5.74, 6) is -0.0119. The minimum Gasteiger partial charge on any atom is -0.493 e. The molecule has 0 bridgehead atoms. The summed E-state index contributed by atoms with van der Waals surface area (Å²) in [5.41, 5.74) is 2.14. The van der Waals surface area contributed by atoms with Gasteiger partial charge in [-0.2, -0.15) is 0 Å². The van der Waals surface area contributed by atoms with Gasteiger partial charge in [-0.25, -0.2) is 0 Å². The van der Waals surface area contributed by atoms with Crippen molar-refractivity contribution in [3.05, 3.63) is 90.0 Å². The molecule has 0 unspecified atom stereocenters. The average molecular weight is 360 g/mol. The molecule has 5 heteroatoms. The van der Waals surface area contributed by atoms with Crippen molar-refractivity contribution >= 4 is 23.2 Å². The van der Waals surface area contributed by atoms with E-state index in [2.05, 4.69) is 10.6 Å². The van der Waals surface area contributed by atoms with E-state index in [1.165, 1.54) is 0 Å². The van der Waals surface area contributed by atoms with E-state index >= 15 is 0 Å². The summed E-state index contributed by atoms with van der Waals surface area (Å²) in [6.45, 7) is 2.34. The van der Waals surface area contributed by atoms with Crippen molar-refractivity contribution < 1.29 is 14.3 Å². The fraction of sp³-hybridized carbons (Fsp3) is 0.0909. The summed E-state index contributed by atoms with van der Waals surface area (Å²) in [7, 11) is 0. The van der Waals surface area contributed by atoms with Gasteiger partial charge in [-0.1, -0.05) is 36.4 Å². The van der Waals surface area contributed by atoms with Crippen molar-refractivity contribution in [3.63, 3.8) is 0 Å². The molecule has 3 aromatic carbocycles. The van der Waals surface area contributed by atoms with Gasteiger partial charge in [0, 0.05) is 16.9 Å². The van der Waals surface area contributed by atoms with Crippen LogP contribution in [0, 0.1) is 0 Å². The van der Waals surface area contributed by atoms with Crippen LogP contribution < -0.4 is 15.4 Å². The van der Waals surface area contributed by atoms with Gasteiger partial charge < -0.3 is 15.4 Å². The van der Waals surface area contributed by atoms with Gasteiger partial charge in [0.25, 0.3) is 11.8 Å². The number of anilines is 2. The summed E-state index contributed by atoms with van der Waals surface area (Å²) >= 11 is 0. The number of hydrogen-bond donors (Lipinski definition) is 2. The van der Waals surface area contributed by atoms with Crippen LogP contribution in [0.25, 0.3) is 0 Å². The van der Waals surface area contributed by atoms with Crippen LogP contribution in [0.15, 0.2) is 78.9 Å². The molecule has 27 heavy (non-hydrogen) atoms. The fourth-order valence-electron chi connectivity index (χ4n) is 2.60. The van der Waals surface area contributed by atoms with Crippen LogP contribution in [-0.4, -0.2) is 18.4 Å². The van der Waals surface area contributed by atoms with Crippen LogP contribution in [0.4, 0.5) is 11.4 Å². The van der Waals surface area contributed by atoms with Crippen LogP contribution in [0.3, 0.4) is 0 Å². The molecule has 2 N–H and O–H groups in total. The molecule has 0 saturated heterocycles. The number of ether oxygens (including phenoxy) is 1. The standard InChI is InChI=1S/C22H20N2O3/c1-2-27-20-14-7-6-13-19(20)22(26)24-18-12-8-9-16(15-18)21(25)23-17-10-4-3-5-11-17/h3-15H,2H2,1H3,(H,23,25)(H,24,26). The lowest BCUT2D eigenvalue weighted by molar-refractivity contribution is 0.101. The Hall–Kier alpha value is -3.60. The van der Waals surface area contributed by atoms with Gasteiger partial charge in [0.05, 0.1) is 12.2 Å². The highest BCUT2D eigenvalue weighted by Crippen LogP contribution is 2.20. The SMILES string of the molecule is CCOc1ccccc1C(=O)Nc1cccc(C(=O)Nc2ccccc2)c1. The van der Waals surface area contributed by atoms with Crippen LogP contribution in [0.1, 0.15) is 27.6 Å². The second-order valence-electron chi connectivity index (χ2n) is 5.78. The monoisotopic (exact) mass is 360 g/mol. The van der Waals surface area contributed by atoms with Gasteiger partial charge in [0.15, 0.2) is 0 Å². The van der Waals surface area contributed by atoms with Crippen LogP contribution >= 0.6 is 0 Å². The zero-order valence-electron chi connectivity index (χ0n) is 14.9. The van der Waals surface area contributed by atoms with Gasteiger partial charge in [-0.15, -0.1) is 0 Å². The number of carbonyl (C=O) groups is 2. The minimum atomic E-state index is -0.292. The lowest BCUT2D eigenvalue weighted by Gasteiger charge is -2.11. The van der Waals surface area contributed by atoms with Gasteiger partial charge in [0.2, 0.25) is 0 Å². The highest BCUT2D eigenvalue weighted by molar-refractivity contribution is 6.08. The number of hydrogen-bond acceptors (Lipinski definition) is 3. The van der Waals surface area contributed by atoms with Crippen molar-refractivity contribution in [1.29, 1.82) is 0 Å². The Kier molecular flexibility index (Phi) is 5.84. The first-order valence-corrected chi connectivity index (χ1v) is 8.67. The third kappa shape index (κ3) is 4.73. The zero-order chi connectivity index (χ0) is 19.1. The highest BCUT2D eigenvalue weighted by Gasteiger charge is 2.13. The summed E-state index contributed by atoms with van der Waals surface area (Å²) in [6, 6.07) is 23.1. The number of benzene rings is 3. The Bertz CT molecular complexity index is 939. The lowest BCUT2D eigenvalue weighted by atomic mass is 10.1. The van der Waals surface area contributed by atoms with E-state index in [1.807, 2.05) is 43.3 Å². The molecule has 0 spiro atoms. The first-order chi connectivity index (χ1) is 13.2. The summed E-state index contributed by atoms with van der Waals surface area (Å²) in [4.78, 5) is 25.0. The predicted molar refractivity (Wildman–Crippen MR) is 106 cm³/mol. The molecule has 3 aromatic rings. The zero-order valence-corrected chi connectivity index (χ0v) is 14.9. The van der Waals surface area contributed by atoms with E-state index in [0.29, 0.717) is 34.9 Å². The Balaban J connectivity index is 1.74. The third-order valence-electron chi connectivity index (χ3n) is 3.85. The first kappa shape index (κ1) is 18.2. The Morgan fingerprint density at radius 3 is 2.22 bits per heavy atom. The molecule has 3 rings (SSSR count). The molecule has 0 radical (unpaired) electrons. The molecule has 0 saturated carbocycles. The smallest absolute Gasteiger partial charge is 0.259 e. The summed E-state index contributed by atoms with van der Waals surface area (Å²) < 4.78 is 5.50. The van der Waals surface area contributed by atoms with Crippen molar-refractivity contribution in [2.75, 3.05) is 17.2 Å². The third-order valence-corrected chi connectivity index (χ3v) is 3.85. The second kappa shape index (κ2) is 8.67. The van der Waals surface area contributed by atoms with Crippen LogP contribution in [-0.2, 0) is 0 Å². The van der Waals surface area contributed by atoms with Crippen LogP contribution in [0.5, 0.6) is 5.75 Å². The summed E-state index contributed by atoms with van der Waals surface area (Å²) in [5, 5.41) is 5.64. The maximum Gasteiger partial charge on any atom is 0.259 e. The predicted octanol–water partition coefficient (Wildman–Crippen LogP) is 4.59. The maximum atomic E-state index is 12.6. The molecule has 0 aliphatic heterocycles. The molecule has 2 amide bonds. The molecule has 136 valence electrons. The molecule has 5 nitrogen and oxygen atoms in total. The van der Waals surface area contributed by atoms with Crippen molar-refractivity contribution in [3.8, 4) is 5.75 Å². The van der Waals surface area contributed by atoms with Gasteiger partial charge >= 0.3 is 0 Å². The van der Waals surface area contributed by atoms with Gasteiger partial charge in [-0.05, 0) is 49.4 Å². The highest BCUT2D eigenvalue weighted by atomic mass is 16.5. The van der Waals surface area contributed by atoms with Crippen LogP contribution in [0.2, 0.25) is 0 Å². The topological polar surface area (TPSA) is 67.4 Å². The molecule has 0 aromatic heterocycles. The minimum absolute atomic E-state index is 0.244. The Morgan fingerprint density at radius 1 is 0.778 bits per heavy atom. The number of para-hydroxylation sites is 2. The molecule has 0 aliphatic rings. The number of amides is 2. The average Bonchev–Trinajstić information content (AvgIpc) is 2.69. The second-order valence-corrected chi connectivity index (χ2v) is 5.78. The van der Waals surface area contributed by atoms with Gasteiger partial charge in [0.1, 0.15) is 5.75 Å². The molecule has 0 heterocycles. The van der Waals surface area contributed by atoms with Gasteiger partial charge in [-0.3, -0.25) is 9.59 Å². The Morgan fingerprint density at radius 2 is 1.44 bits per heavy atom. The molecular formula is C22H20N2O3. The fourth-order valence-corrected chi connectivity index (χ4v) is 2.60. The van der Waals surface area contributed by atoms with E-state index < -0.39 is 0 Å². The Labute approximate surface area is 158 Å². The van der Waals surface area contributed by atoms with E-state index in [9.17, 15) is 9.59 Å². The largest absolute Gasteiger partial charge is 0.493 e. The lowest BCUT2D eigenvalue weighted by Crippen LogP contribution is -2.15. The normalized spacial score (nSPS) is 10.1. The number of rotatable bonds is 6. The molecule has 0 atom stereocenters. The van der Waals surface area contributed by atoms with Crippen molar-refractivity contribution in [2.24, 2.45) is 0 Å². The van der Waals surface area contributed by atoms with Crippen molar-refractivity contribution in [2.45, 2.75) is 6.92 Å². The maximum absolute atomic E-state index is 12.6. The first-order valence-electron chi connectivity index (χ1n) is 8.67. The van der Waals surface area contributed by atoms with E-state index in [4.69, 9.17) is 4.74 Å². The number of carbonyl (C=O) groups excluding carboxylic acids is 2. The quantitative estimate of drug-likeness (QED) is 0.676. The summed E-state index contributed by atoms with van der Waals surface area (Å²) in [6.07, 6.45) is 0. The van der Waals surface area contributed by atoms with Crippen molar-refractivity contribution in [1.82, 2.24) is 0 Å². The van der Waals surface area contributed by atoms with E-state index in [1.54, 1.807) is 42.5 Å². The molecule has 0 fully saturated rings. The van der Waals surface area contributed by atoms with E-state index in [-0.39, 0.29) is 11.8 Å². The molecular weight excluding hydrogens is 340 g/mol. The van der Waals surface area contributed by atoms with E-state index in [0.717, 1.165) is 0 Å². The molecule has 0 aliphatic carbocycles. The number of nitrogens with one attached hydrogen (secondary N) is 2.